The first-order valence-electron chi connectivity index (χ1n) is 9.08. The van der Waals surface area contributed by atoms with E-state index < -0.39 is 0 Å². The van der Waals surface area contributed by atoms with Gasteiger partial charge in [-0.05, 0) is 54.4 Å². The van der Waals surface area contributed by atoms with E-state index in [2.05, 4.69) is 32.2 Å². The van der Waals surface area contributed by atoms with Gasteiger partial charge >= 0.3 is 0 Å². The van der Waals surface area contributed by atoms with Gasteiger partial charge in [-0.2, -0.15) is 10.2 Å². The summed E-state index contributed by atoms with van der Waals surface area (Å²) in [6.45, 7) is 7.50. The molecule has 0 bridgehead atoms. The number of aromatic nitrogens is 4. The van der Waals surface area contributed by atoms with Crippen molar-refractivity contribution in [1.82, 2.24) is 24.5 Å². The molecule has 0 radical (unpaired) electrons. The van der Waals surface area contributed by atoms with Crippen molar-refractivity contribution >= 4 is 21.8 Å². The zero-order chi connectivity index (χ0) is 20.3. The van der Waals surface area contributed by atoms with Crippen molar-refractivity contribution in [1.29, 1.82) is 0 Å². The number of hydrogen-bond donors (Lipinski definition) is 0. The number of aryl methyl sites for hydroxylation is 3. The summed E-state index contributed by atoms with van der Waals surface area (Å²) in [5.41, 5.74) is 3.60. The Hall–Kier alpha value is -2.61. The standard InChI is InChI=1S/C20H24BrN5O2/c1-5-26-18(16(21)11-22-26)12-24(4)20(27)17-8-9-25(23-17)13-28-19-7-6-14(2)10-15(19)3/h6-11H,5,12-13H2,1-4H3. The predicted molar refractivity (Wildman–Crippen MR) is 110 cm³/mol. The zero-order valence-corrected chi connectivity index (χ0v) is 18.1. The van der Waals surface area contributed by atoms with Crippen LogP contribution in [0.3, 0.4) is 0 Å². The van der Waals surface area contributed by atoms with Crippen LogP contribution in [0.4, 0.5) is 0 Å². The quantitative estimate of drug-likeness (QED) is 0.554. The minimum Gasteiger partial charge on any atom is -0.471 e. The van der Waals surface area contributed by atoms with Crippen molar-refractivity contribution < 1.29 is 9.53 Å². The van der Waals surface area contributed by atoms with Crippen LogP contribution in [0.1, 0.15) is 34.2 Å². The molecule has 0 N–H and O–H groups in total. The smallest absolute Gasteiger partial charge is 0.274 e. The SMILES string of the molecule is CCn1ncc(Br)c1CN(C)C(=O)c1ccn(COc2ccc(C)cc2C)n1. The van der Waals surface area contributed by atoms with Crippen molar-refractivity contribution in [3.8, 4) is 5.75 Å². The minimum atomic E-state index is -0.152. The third-order valence-corrected chi connectivity index (χ3v) is 5.14. The van der Waals surface area contributed by atoms with Gasteiger partial charge in [0, 0.05) is 19.8 Å². The van der Waals surface area contributed by atoms with Crippen LogP contribution in [0.25, 0.3) is 0 Å². The fraction of sp³-hybridized carbons (Fsp3) is 0.350. The molecule has 3 rings (SSSR count). The van der Waals surface area contributed by atoms with Crippen molar-refractivity contribution in [3.05, 3.63) is 63.6 Å². The Kier molecular flexibility index (Phi) is 6.18. The third-order valence-electron chi connectivity index (χ3n) is 4.47. The Bertz CT molecular complexity index is 979. The second kappa shape index (κ2) is 8.60. The number of ether oxygens (including phenoxy) is 1. The molecule has 0 saturated carbocycles. The lowest BCUT2D eigenvalue weighted by Crippen LogP contribution is -2.28. The second-order valence-corrected chi connectivity index (χ2v) is 7.55. The van der Waals surface area contributed by atoms with E-state index >= 15 is 0 Å². The maximum Gasteiger partial charge on any atom is 0.274 e. The molecule has 0 atom stereocenters. The van der Waals surface area contributed by atoms with Crippen LogP contribution in [-0.2, 0) is 19.8 Å². The van der Waals surface area contributed by atoms with E-state index in [1.54, 1.807) is 35.1 Å². The summed E-state index contributed by atoms with van der Waals surface area (Å²) < 4.78 is 10.2. The molecule has 0 unspecified atom stereocenters. The van der Waals surface area contributed by atoms with Crippen molar-refractivity contribution in [2.75, 3.05) is 7.05 Å². The van der Waals surface area contributed by atoms with Gasteiger partial charge in [-0.1, -0.05) is 17.7 Å². The normalized spacial score (nSPS) is 10.9. The van der Waals surface area contributed by atoms with Crippen LogP contribution in [-0.4, -0.2) is 37.4 Å². The molecule has 8 heteroatoms. The van der Waals surface area contributed by atoms with Gasteiger partial charge in [-0.15, -0.1) is 0 Å². The molecule has 1 aromatic carbocycles. The van der Waals surface area contributed by atoms with Crippen molar-refractivity contribution in [2.24, 2.45) is 0 Å². The lowest BCUT2D eigenvalue weighted by Gasteiger charge is -2.17. The van der Waals surface area contributed by atoms with E-state index in [4.69, 9.17) is 4.74 Å². The molecular formula is C20H24BrN5O2. The van der Waals surface area contributed by atoms with Gasteiger partial charge in [0.15, 0.2) is 12.4 Å². The lowest BCUT2D eigenvalue weighted by molar-refractivity contribution is 0.0773. The van der Waals surface area contributed by atoms with Gasteiger partial charge in [0.25, 0.3) is 5.91 Å². The van der Waals surface area contributed by atoms with E-state index in [9.17, 15) is 4.79 Å². The number of rotatable bonds is 7. The Balaban J connectivity index is 1.64. The van der Waals surface area contributed by atoms with Crippen LogP contribution in [0.2, 0.25) is 0 Å². The first-order valence-corrected chi connectivity index (χ1v) is 9.87. The molecule has 0 aliphatic carbocycles. The summed E-state index contributed by atoms with van der Waals surface area (Å²) in [7, 11) is 1.76. The molecule has 0 fully saturated rings. The molecule has 0 aliphatic heterocycles. The monoisotopic (exact) mass is 445 g/mol. The number of nitrogens with zero attached hydrogens (tertiary/aromatic N) is 5. The number of halogens is 1. The average Bonchev–Trinajstić information content (AvgIpc) is 3.27. The maximum atomic E-state index is 12.7. The molecule has 2 aromatic heterocycles. The van der Waals surface area contributed by atoms with Crippen LogP contribution in [0.15, 0.2) is 41.1 Å². The zero-order valence-electron chi connectivity index (χ0n) is 16.5. The summed E-state index contributed by atoms with van der Waals surface area (Å²) in [6, 6.07) is 7.73. The van der Waals surface area contributed by atoms with Crippen molar-refractivity contribution in [2.45, 2.75) is 40.6 Å². The number of hydrogen-bond acceptors (Lipinski definition) is 4. The number of carbonyl (C=O) groups excluding carboxylic acids is 1. The fourth-order valence-electron chi connectivity index (χ4n) is 2.95. The van der Waals surface area contributed by atoms with E-state index in [-0.39, 0.29) is 12.6 Å². The molecule has 0 spiro atoms. The first kappa shape index (κ1) is 20.1. The highest BCUT2D eigenvalue weighted by atomic mass is 79.9. The highest BCUT2D eigenvalue weighted by Gasteiger charge is 2.18. The van der Waals surface area contributed by atoms with Gasteiger partial charge in [0.1, 0.15) is 5.75 Å². The largest absolute Gasteiger partial charge is 0.471 e. The summed E-state index contributed by atoms with van der Waals surface area (Å²) in [5, 5.41) is 8.64. The van der Waals surface area contributed by atoms with Gasteiger partial charge in [0.05, 0.1) is 22.9 Å². The second-order valence-electron chi connectivity index (χ2n) is 6.70. The van der Waals surface area contributed by atoms with Crippen LogP contribution in [0.5, 0.6) is 5.75 Å². The predicted octanol–water partition coefficient (Wildman–Crippen LogP) is 3.79. The first-order chi connectivity index (χ1) is 13.4. The Morgan fingerprint density at radius 1 is 1.29 bits per heavy atom. The molecular weight excluding hydrogens is 422 g/mol. The Morgan fingerprint density at radius 3 is 2.79 bits per heavy atom. The summed E-state index contributed by atoms with van der Waals surface area (Å²) >= 11 is 3.49. The number of carbonyl (C=O) groups is 1. The third kappa shape index (κ3) is 4.44. The Morgan fingerprint density at radius 2 is 2.07 bits per heavy atom. The topological polar surface area (TPSA) is 65.2 Å². The molecule has 28 heavy (non-hydrogen) atoms. The molecule has 0 saturated heterocycles. The van der Waals surface area contributed by atoms with Gasteiger partial charge in [-0.25, -0.2) is 4.68 Å². The molecule has 7 nitrogen and oxygen atoms in total. The number of benzene rings is 1. The lowest BCUT2D eigenvalue weighted by atomic mass is 10.1. The fourth-order valence-corrected chi connectivity index (χ4v) is 3.38. The maximum absolute atomic E-state index is 12.7. The van der Waals surface area contributed by atoms with Crippen LogP contribution in [0, 0.1) is 13.8 Å². The van der Waals surface area contributed by atoms with Crippen molar-refractivity contribution in [3.63, 3.8) is 0 Å². The average molecular weight is 446 g/mol. The summed E-state index contributed by atoms with van der Waals surface area (Å²) in [6.07, 6.45) is 3.49. The molecule has 1 amide bonds. The molecule has 0 aliphatic rings. The van der Waals surface area contributed by atoms with Gasteiger partial charge in [-0.3, -0.25) is 9.48 Å². The van der Waals surface area contributed by atoms with E-state index in [0.717, 1.165) is 28.0 Å². The molecule has 2 heterocycles. The molecule has 3 aromatic rings. The van der Waals surface area contributed by atoms with E-state index in [0.29, 0.717) is 12.2 Å². The minimum absolute atomic E-state index is 0.152. The summed E-state index contributed by atoms with van der Waals surface area (Å²) in [4.78, 5) is 14.4. The van der Waals surface area contributed by atoms with E-state index in [1.807, 2.05) is 37.6 Å². The highest BCUT2D eigenvalue weighted by molar-refractivity contribution is 9.10. The molecule has 148 valence electrons. The van der Waals surface area contributed by atoms with Gasteiger partial charge in [0.2, 0.25) is 0 Å². The number of amides is 1. The highest BCUT2D eigenvalue weighted by Crippen LogP contribution is 2.20. The Labute approximate surface area is 173 Å². The van der Waals surface area contributed by atoms with Gasteiger partial charge < -0.3 is 9.64 Å². The van der Waals surface area contributed by atoms with Crippen LogP contribution < -0.4 is 4.74 Å². The van der Waals surface area contributed by atoms with Crippen LogP contribution >= 0.6 is 15.9 Å². The van der Waals surface area contributed by atoms with E-state index in [1.165, 1.54) is 5.56 Å². The summed E-state index contributed by atoms with van der Waals surface area (Å²) in [5.74, 6) is 0.657.